The van der Waals surface area contributed by atoms with E-state index in [1.54, 1.807) is 48.8 Å². The molecule has 0 radical (unpaired) electrons. The van der Waals surface area contributed by atoms with Gasteiger partial charge in [0.1, 0.15) is 0 Å². The Labute approximate surface area is 218 Å². The first-order valence-electron chi connectivity index (χ1n) is 11.7. The van der Waals surface area contributed by atoms with Gasteiger partial charge >= 0.3 is 12.0 Å². The quantitative estimate of drug-likeness (QED) is 0.240. The number of carboxylic acids is 1. The Hall–Kier alpha value is -4.56. The van der Waals surface area contributed by atoms with Crippen molar-refractivity contribution >= 4 is 46.4 Å². The number of hydrogen-bond donors (Lipinski definition) is 4. The summed E-state index contributed by atoms with van der Waals surface area (Å²) in [5.41, 5.74) is 4.74. The zero-order valence-electron chi connectivity index (χ0n) is 19.7. The molecular formula is C28H24ClN5O3. The van der Waals surface area contributed by atoms with E-state index in [4.69, 9.17) is 11.6 Å². The summed E-state index contributed by atoms with van der Waals surface area (Å²) >= 11 is 6.19. The van der Waals surface area contributed by atoms with Gasteiger partial charge in [-0.3, -0.25) is 4.98 Å². The van der Waals surface area contributed by atoms with Crippen molar-refractivity contribution in [3.8, 4) is 11.1 Å². The molecule has 1 aliphatic heterocycles. The first kappa shape index (κ1) is 24.1. The summed E-state index contributed by atoms with van der Waals surface area (Å²) in [7, 11) is 0. The highest BCUT2D eigenvalue weighted by Gasteiger charge is 2.30. The van der Waals surface area contributed by atoms with Crippen molar-refractivity contribution in [2.24, 2.45) is 0 Å². The van der Waals surface area contributed by atoms with Gasteiger partial charge in [0.15, 0.2) is 0 Å². The molecule has 2 heterocycles. The van der Waals surface area contributed by atoms with Crippen molar-refractivity contribution in [1.29, 1.82) is 0 Å². The fourth-order valence-electron chi connectivity index (χ4n) is 4.31. The lowest BCUT2D eigenvalue weighted by atomic mass is 9.94. The van der Waals surface area contributed by atoms with Crippen molar-refractivity contribution in [3.63, 3.8) is 0 Å². The minimum absolute atomic E-state index is 0.188. The average Bonchev–Trinajstić information content (AvgIpc) is 2.87. The SMILES string of the molecule is O=C(Nc1ccc(NC2CN(c3cccc(C(=O)O)c3-c3cccc(Cl)c3)C2)cc1)Nc1cccnc1. The number of anilines is 4. The predicted octanol–water partition coefficient (Wildman–Crippen LogP) is 6.04. The van der Waals surface area contributed by atoms with E-state index in [1.165, 1.54) is 0 Å². The summed E-state index contributed by atoms with van der Waals surface area (Å²) in [5, 5.41) is 19.4. The molecule has 0 spiro atoms. The molecule has 4 aromatic rings. The number of amides is 2. The smallest absolute Gasteiger partial charge is 0.336 e. The van der Waals surface area contributed by atoms with Gasteiger partial charge in [-0.1, -0.05) is 29.8 Å². The molecule has 0 bridgehead atoms. The van der Waals surface area contributed by atoms with Crippen LogP contribution in [0.4, 0.5) is 27.5 Å². The highest BCUT2D eigenvalue weighted by atomic mass is 35.5. The van der Waals surface area contributed by atoms with E-state index in [2.05, 4.69) is 25.8 Å². The number of nitrogens with one attached hydrogen (secondary N) is 3. The van der Waals surface area contributed by atoms with Crippen LogP contribution >= 0.6 is 11.6 Å². The van der Waals surface area contributed by atoms with Crippen LogP contribution in [0.1, 0.15) is 10.4 Å². The molecule has 1 fully saturated rings. The zero-order chi connectivity index (χ0) is 25.8. The molecule has 37 heavy (non-hydrogen) atoms. The Morgan fingerprint density at radius 3 is 2.32 bits per heavy atom. The van der Waals surface area contributed by atoms with Crippen LogP contribution in [-0.4, -0.2) is 41.2 Å². The van der Waals surface area contributed by atoms with Crippen LogP contribution in [0, 0.1) is 0 Å². The zero-order valence-corrected chi connectivity index (χ0v) is 20.4. The molecule has 4 N–H and O–H groups in total. The maximum Gasteiger partial charge on any atom is 0.336 e. The Morgan fingerprint density at radius 1 is 0.892 bits per heavy atom. The van der Waals surface area contributed by atoms with E-state index in [0.29, 0.717) is 35.1 Å². The van der Waals surface area contributed by atoms with Gasteiger partial charge in [-0.25, -0.2) is 9.59 Å². The standard InChI is InChI=1S/C28H24ClN5O3/c29-19-5-1-4-18(14-19)26-24(27(35)36)7-2-8-25(26)34-16-23(17-34)31-20-9-11-21(12-10-20)32-28(37)33-22-6-3-13-30-15-22/h1-15,23,31H,16-17H2,(H,35,36)(H2,32,33,37). The highest BCUT2D eigenvalue weighted by molar-refractivity contribution is 6.31. The number of nitrogens with zero attached hydrogens (tertiary/aromatic N) is 2. The lowest BCUT2D eigenvalue weighted by Gasteiger charge is -2.43. The van der Waals surface area contributed by atoms with Gasteiger partial charge in [0, 0.05) is 46.9 Å². The van der Waals surface area contributed by atoms with E-state index in [9.17, 15) is 14.7 Å². The monoisotopic (exact) mass is 513 g/mol. The predicted molar refractivity (Wildman–Crippen MR) is 147 cm³/mol. The molecule has 5 rings (SSSR count). The number of aromatic carboxylic acids is 1. The highest BCUT2D eigenvalue weighted by Crippen LogP contribution is 2.37. The second-order valence-electron chi connectivity index (χ2n) is 8.66. The summed E-state index contributed by atoms with van der Waals surface area (Å²) in [6.45, 7) is 1.42. The third-order valence-corrected chi connectivity index (χ3v) is 6.28. The number of carbonyl (C=O) groups is 2. The second kappa shape index (κ2) is 10.6. The summed E-state index contributed by atoms with van der Waals surface area (Å²) in [6.07, 6.45) is 3.21. The van der Waals surface area contributed by atoms with Gasteiger partial charge in [0.2, 0.25) is 0 Å². The minimum atomic E-state index is -0.977. The maximum absolute atomic E-state index is 12.2. The Morgan fingerprint density at radius 2 is 1.62 bits per heavy atom. The number of urea groups is 1. The van der Waals surface area contributed by atoms with Crippen molar-refractivity contribution in [2.75, 3.05) is 33.9 Å². The number of carbonyl (C=O) groups excluding carboxylic acids is 1. The molecule has 9 heteroatoms. The van der Waals surface area contributed by atoms with Crippen molar-refractivity contribution < 1.29 is 14.7 Å². The van der Waals surface area contributed by atoms with E-state index in [-0.39, 0.29) is 17.6 Å². The van der Waals surface area contributed by atoms with Crippen molar-refractivity contribution in [3.05, 3.63) is 102 Å². The number of benzene rings is 3. The minimum Gasteiger partial charge on any atom is -0.478 e. The first-order valence-corrected chi connectivity index (χ1v) is 12.1. The molecule has 3 aromatic carbocycles. The third-order valence-electron chi connectivity index (χ3n) is 6.04. The number of halogens is 1. The molecule has 0 atom stereocenters. The van der Waals surface area contributed by atoms with Gasteiger partial charge in [0.05, 0.1) is 23.5 Å². The first-order chi connectivity index (χ1) is 18.0. The summed E-state index contributed by atoms with van der Waals surface area (Å²) in [5.74, 6) is -0.977. The fourth-order valence-corrected chi connectivity index (χ4v) is 4.50. The summed E-state index contributed by atoms with van der Waals surface area (Å²) in [6, 6.07) is 23.4. The van der Waals surface area contributed by atoms with Crippen molar-refractivity contribution in [1.82, 2.24) is 4.98 Å². The van der Waals surface area contributed by atoms with E-state index in [1.807, 2.05) is 42.5 Å². The Kier molecular flexibility index (Phi) is 6.91. The number of carboxylic acid groups (broad SMARTS) is 1. The summed E-state index contributed by atoms with van der Waals surface area (Å²) < 4.78 is 0. The lowest BCUT2D eigenvalue weighted by molar-refractivity contribution is 0.0697. The van der Waals surface area contributed by atoms with Gasteiger partial charge in [0.25, 0.3) is 0 Å². The van der Waals surface area contributed by atoms with Crippen LogP contribution in [-0.2, 0) is 0 Å². The van der Waals surface area contributed by atoms with Crippen LogP contribution < -0.4 is 20.9 Å². The van der Waals surface area contributed by atoms with Crippen molar-refractivity contribution in [2.45, 2.75) is 6.04 Å². The summed E-state index contributed by atoms with van der Waals surface area (Å²) in [4.78, 5) is 30.2. The maximum atomic E-state index is 12.2. The molecule has 186 valence electrons. The van der Waals surface area contributed by atoms with E-state index < -0.39 is 5.97 Å². The van der Waals surface area contributed by atoms with Gasteiger partial charge in [-0.15, -0.1) is 0 Å². The van der Waals surface area contributed by atoms with Crippen LogP contribution in [0.15, 0.2) is 91.3 Å². The van der Waals surface area contributed by atoms with Gasteiger partial charge < -0.3 is 26.0 Å². The van der Waals surface area contributed by atoms with Crippen LogP contribution in [0.2, 0.25) is 5.02 Å². The van der Waals surface area contributed by atoms with Gasteiger partial charge in [-0.2, -0.15) is 0 Å². The third kappa shape index (κ3) is 5.65. The molecule has 0 unspecified atom stereocenters. The second-order valence-corrected chi connectivity index (χ2v) is 9.10. The molecule has 2 amide bonds. The topological polar surface area (TPSA) is 107 Å². The normalized spacial score (nSPS) is 12.9. The molecule has 0 aliphatic carbocycles. The van der Waals surface area contributed by atoms with E-state index in [0.717, 1.165) is 16.9 Å². The number of rotatable bonds is 7. The molecule has 1 aliphatic rings. The Balaban J connectivity index is 1.22. The number of aromatic nitrogens is 1. The molecule has 8 nitrogen and oxygen atoms in total. The van der Waals surface area contributed by atoms with Crippen LogP contribution in [0.25, 0.3) is 11.1 Å². The lowest BCUT2D eigenvalue weighted by Crippen LogP contribution is -2.55. The molecule has 0 saturated carbocycles. The fraction of sp³-hybridized carbons (Fsp3) is 0.107. The molecule has 1 saturated heterocycles. The molecule has 1 aromatic heterocycles. The molecular weight excluding hydrogens is 490 g/mol. The number of pyridine rings is 1. The van der Waals surface area contributed by atoms with Crippen LogP contribution in [0.3, 0.4) is 0 Å². The van der Waals surface area contributed by atoms with Gasteiger partial charge in [-0.05, 0) is 66.2 Å². The average molecular weight is 514 g/mol. The Bertz CT molecular complexity index is 1420. The number of hydrogen-bond acceptors (Lipinski definition) is 5. The van der Waals surface area contributed by atoms with Crippen LogP contribution in [0.5, 0.6) is 0 Å². The van der Waals surface area contributed by atoms with E-state index >= 15 is 0 Å². The largest absolute Gasteiger partial charge is 0.478 e.